The van der Waals surface area contributed by atoms with Crippen molar-refractivity contribution in [3.05, 3.63) is 64.7 Å². The fraction of sp³-hybridized carbons (Fsp3) is 0.190. The Morgan fingerprint density at radius 1 is 1.04 bits per heavy atom. The van der Waals surface area contributed by atoms with Crippen molar-refractivity contribution < 1.29 is 4.74 Å². The Kier molecular flexibility index (Phi) is 5.09. The quantitative estimate of drug-likeness (QED) is 0.409. The highest BCUT2D eigenvalue weighted by Crippen LogP contribution is 2.36. The van der Waals surface area contributed by atoms with E-state index >= 15 is 0 Å². The maximum absolute atomic E-state index is 5.35. The van der Waals surface area contributed by atoms with Crippen molar-refractivity contribution in [3.8, 4) is 17.0 Å². The zero-order valence-electron chi connectivity index (χ0n) is 15.4. The van der Waals surface area contributed by atoms with Gasteiger partial charge >= 0.3 is 0 Å². The van der Waals surface area contributed by atoms with Crippen molar-refractivity contribution in [2.75, 3.05) is 7.11 Å². The Morgan fingerprint density at radius 3 is 2.70 bits per heavy atom. The third-order valence-electron chi connectivity index (χ3n) is 4.19. The Hall–Kier alpha value is -2.44. The lowest BCUT2D eigenvalue weighted by Crippen LogP contribution is -1.93. The minimum absolute atomic E-state index is 0.807. The average Bonchev–Trinajstić information content (AvgIpc) is 3.07. The van der Waals surface area contributed by atoms with E-state index in [0.717, 1.165) is 43.0 Å². The lowest BCUT2D eigenvalue weighted by molar-refractivity contribution is 0.415. The van der Waals surface area contributed by atoms with Gasteiger partial charge in [-0.3, -0.25) is 0 Å². The molecule has 0 saturated carbocycles. The lowest BCUT2D eigenvalue weighted by Gasteiger charge is -2.07. The maximum Gasteiger partial charge on any atom is 0.146 e. The first-order valence-corrected chi connectivity index (χ1v) is 10.4. The van der Waals surface area contributed by atoms with Crippen LogP contribution in [0, 0.1) is 13.8 Å². The van der Waals surface area contributed by atoms with Crippen LogP contribution in [0.3, 0.4) is 0 Å². The van der Waals surface area contributed by atoms with E-state index < -0.39 is 0 Å². The van der Waals surface area contributed by atoms with Crippen LogP contribution in [0.2, 0.25) is 0 Å². The summed E-state index contributed by atoms with van der Waals surface area (Å²) in [4.78, 5) is 4.74. The monoisotopic (exact) mass is 393 g/mol. The standard InChI is InChI=1S/C21H19N3OS2/c1-13-6-4-7-15(10-13)12-26-21-19-20(27-14(2)22-19)18(23-24-21)16-8-5-9-17(11-16)25-3/h4-11H,12H2,1-3H3. The van der Waals surface area contributed by atoms with Gasteiger partial charge in [-0.05, 0) is 31.5 Å². The van der Waals surface area contributed by atoms with Gasteiger partial charge in [-0.1, -0.05) is 53.7 Å². The summed E-state index contributed by atoms with van der Waals surface area (Å²) >= 11 is 3.34. The van der Waals surface area contributed by atoms with Crippen molar-refractivity contribution in [2.45, 2.75) is 24.6 Å². The molecule has 0 N–H and O–H groups in total. The van der Waals surface area contributed by atoms with Gasteiger partial charge in [0.1, 0.15) is 22.0 Å². The number of aryl methyl sites for hydroxylation is 2. The molecule has 0 amide bonds. The van der Waals surface area contributed by atoms with Gasteiger partial charge < -0.3 is 4.74 Å². The molecule has 0 atom stereocenters. The SMILES string of the molecule is COc1cccc(-c2nnc(SCc3cccc(C)c3)c3nc(C)sc23)c1. The molecule has 0 unspecified atom stereocenters. The first kappa shape index (κ1) is 17.9. The van der Waals surface area contributed by atoms with Crippen molar-refractivity contribution in [1.82, 2.24) is 15.2 Å². The summed E-state index contributed by atoms with van der Waals surface area (Å²) in [6.45, 7) is 4.13. The molecule has 136 valence electrons. The van der Waals surface area contributed by atoms with Crippen molar-refractivity contribution in [3.63, 3.8) is 0 Å². The number of hydrogen-bond donors (Lipinski definition) is 0. The van der Waals surface area contributed by atoms with E-state index in [2.05, 4.69) is 41.4 Å². The van der Waals surface area contributed by atoms with Crippen LogP contribution < -0.4 is 4.74 Å². The molecule has 0 fully saturated rings. The fourth-order valence-electron chi connectivity index (χ4n) is 2.93. The molecule has 2 aromatic carbocycles. The molecule has 2 aromatic heterocycles. The van der Waals surface area contributed by atoms with Gasteiger partial charge in [-0.15, -0.1) is 21.5 Å². The number of rotatable bonds is 5. The van der Waals surface area contributed by atoms with E-state index in [9.17, 15) is 0 Å². The van der Waals surface area contributed by atoms with Gasteiger partial charge in [0.15, 0.2) is 0 Å². The average molecular weight is 394 g/mol. The van der Waals surface area contributed by atoms with Crippen molar-refractivity contribution >= 4 is 33.3 Å². The van der Waals surface area contributed by atoms with Crippen LogP contribution in [0.25, 0.3) is 21.5 Å². The van der Waals surface area contributed by atoms with Crippen LogP contribution in [0.15, 0.2) is 53.6 Å². The summed E-state index contributed by atoms with van der Waals surface area (Å²) in [6.07, 6.45) is 0. The molecule has 2 heterocycles. The van der Waals surface area contributed by atoms with Crippen LogP contribution in [0.5, 0.6) is 5.75 Å². The maximum atomic E-state index is 5.35. The van der Waals surface area contributed by atoms with E-state index in [0.29, 0.717) is 0 Å². The molecule has 0 saturated heterocycles. The number of fused-ring (bicyclic) bond motifs is 1. The van der Waals surface area contributed by atoms with Gasteiger partial charge in [0.25, 0.3) is 0 Å². The fourth-order valence-corrected chi connectivity index (χ4v) is 4.79. The first-order chi connectivity index (χ1) is 13.1. The Labute approximate surface area is 166 Å². The summed E-state index contributed by atoms with van der Waals surface area (Å²) in [7, 11) is 1.67. The highest BCUT2D eigenvalue weighted by Gasteiger charge is 2.16. The topological polar surface area (TPSA) is 47.9 Å². The van der Waals surface area contributed by atoms with Gasteiger partial charge in [0, 0.05) is 11.3 Å². The van der Waals surface area contributed by atoms with Crippen LogP contribution in [-0.4, -0.2) is 22.3 Å². The Bertz CT molecular complexity index is 1110. The predicted molar refractivity (Wildman–Crippen MR) is 113 cm³/mol. The van der Waals surface area contributed by atoms with Crippen LogP contribution in [0.1, 0.15) is 16.1 Å². The number of nitrogens with zero attached hydrogens (tertiary/aromatic N) is 3. The molecular weight excluding hydrogens is 374 g/mol. The molecule has 0 spiro atoms. The van der Waals surface area contributed by atoms with Crippen molar-refractivity contribution in [2.24, 2.45) is 0 Å². The number of ether oxygens (including phenoxy) is 1. The van der Waals surface area contributed by atoms with Crippen LogP contribution in [-0.2, 0) is 5.75 Å². The van der Waals surface area contributed by atoms with E-state index in [-0.39, 0.29) is 0 Å². The van der Waals surface area contributed by atoms with Crippen LogP contribution >= 0.6 is 23.1 Å². The third kappa shape index (κ3) is 3.82. The van der Waals surface area contributed by atoms with Gasteiger partial charge in [-0.25, -0.2) is 4.98 Å². The lowest BCUT2D eigenvalue weighted by atomic mass is 10.1. The van der Waals surface area contributed by atoms with Crippen molar-refractivity contribution in [1.29, 1.82) is 0 Å². The van der Waals surface area contributed by atoms with Crippen LogP contribution in [0.4, 0.5) is 0 Å². The normalized spacial score (nSPS) is 11.1. The molecule has 4 rings (SSSR count). The number of hydrogen-bond acceptors (Lipinski definition) is 6. The second-order valence-corrected chi connectivity index (χ2v) is 8.44. The number of methoxy groups -OCH3 is 1. The highest BCUT2D eigenvalue weighted by molar-refractivity contribution is 7.98. The largest absolute Gasteiger partial charge is 0.497 e. The number of thiazole rings is 1. The number of benzene rings is 2. The molecule has 6 heteroatoms. The Balaban J connectivity index is 1.71. The summed E-state index contributed by atoms with van der Waals surface area (Å²) in [6, 6.07) is 16.5. The first-order valence-electron chi connectivity index (χ1n) is 8.60. The van der Waals surface area contributed by atoms with Gasteiger partial charge in [0.2, 0.25) is 0 Å². The minimum Gasteiger partial charge on any atom is -0.497 e. The summed E-state index contributed by atoms with van der Waals surface area (Å²) < 4.78 is 6.42. The highest BCUT2D eigenvalue weighted by atomic mass is 32.2. The molecule has 0 bridgehead atoms. The molecule has 4 nitrogen and oxygen atoms in total. The minimum atomic E-state index is 0.807. The smallest absolute Gasteiger partial charge is 0.146 e. The molecule has 0 aliphatic carbocycles. The van der Waals surface area contributed by atoms with E-state index in [1.54, 1.807) is 30.2 Å². The second-order valence-electron chi connectivity index (χ2n) is 6.27. The molecule has 0 radical (unpaired) electrons. The molecule has 0 aliphatic heterocycles. The summed E-state index contributed by atoms with van der Waals surface area (Å²) in [5.41, 5.74) is 5.32. The summed E-state index contributed by atoms with van der Waals surface area (Å²) in [5.74, 6) is 1.65. The third-order valence-corrected chi connectivity index (χ3v) is 6.20. The number of aromatic nitrogens is 3. The second kappa shape index (κ2) is 7.66. The van der Waals surface area contributed by atoms with E-state index in [1.807, 2.05) is 31.2 Å². The molecule has 27 heavy (non-hydrogen) atoms. The Morgan fingerprint density at radius 2 is 1.89 bits per heavy atom. The zero-order chi connectivity index (χ0) is 18.8. The van der Waals surface area contributed by atoms with E-state index in [1.165, 1.54) is 11.1 Å². The predicted octanol–water partition coefficient (Wildman–Crippen LogP) is 5.67. The zero-order valence-corrected chi connectivity index (χ0v) is 17.0. The van der Waals surface area contributed by atoms with E-state index in [4.69, 9.17) is 9.72 Å². The summed E-state index contributed by atoms with van der Waals surface area (Å²) in [5, 5.41) is 10.9. The van der Waals surface area contributed by atoms with Gasteiger partial charge in [0.05, 0.1) is 16.8 Å². The van der Waals surface area contributed by atoms with Gasteiger partial charge in [-0.2, -0.15) is 0 Å². The molecular formula is C21H19N3OS2. The number of thioether (sulfide) groups is 1. The molecule has 0 aliphatic rings. The molecule has 4 aromatic rings.